The molecule has 0 saturated carbocycles. The minimum Gasteiger partial charge on any atom is -0.454 e. The smallest absolute Gasteiger partial charge is 0.238 e. The fraction of sp³-hybridized carbons (Fsp3) is 0.182. The Bertz CT molecular complexity index is 1250. The van der Waals surface area contributed by atoms with Crippen LogP contribution in [0.3, 0.4) is 0 Å². The molecular formula is C22H19BrN4O2. The maximum atomic E-state index is 6.01. The summed E-state index contributed by atoms with van der Waals surface area (Å²) in [6, 6.07) is 14.2. The molecule has 2 aromatic carbocycles. The van der Waals surface area contributed by atoms with Crippen molar-refractivity contribution < 1.29 is 9.47 Å². The second kappa shape index (κ2) is 6.77. The van der Waals surface area contributed by atoms with Gasteiger partial charge in [0.15, 0.2) is 11.5 Å². The van der Waals surface area contributed by atoms with Crippen LogP contribution < -0.4 is 15.2 Å². The summed E-state index contributed by atoms with van der Waals surface area (Å²) in [5, 5.41) is 4.40. The molecule has 1 unspecified atom stereocenters. The molecule has 0 radical (unpaired) electrons. The molecule has 0 saturated heterocycles. The van der Waals surface area contributed by atoms with Crippen LogP contribution in [0.1, 0.15) is 29.5 Å². The van der Waals surface area contributed by atoms with Crippen molar-refractivity contribution in [2.75, 3.05) is 12.5 Å². The number of anilines is 1. The van der Waals surface area contributed by atoms with Crippen molar-refractivity contribution in [1.29, 1.82) is 0 Å². The average Bonchev–Trinajstić information content (AvgIpc) is 3.33. The maximum Gasteiger partial charge on any atom is 0.238 e. The SMILES string of the molecule is Cc1ccccc1-c1nc(N)nn2ccc(C(C)c3cc4c(cc3Br)OCO4)c12. The normalized spacial score (nSPS) is 13.8. The molecule has 2 aromatic heterocycles. The first kappa shape index (κ1) is 18.0. The van der Waals surface area contributed by atoms with Gasteiger partial charge >= 0.3 is 0 Å². The molecule has 3 heterocycles. The lowest BCUT2D eigenvalue weighted by Gasteiger charge is -2.16. The van der Waals surface area contributed by atoms with Gasteiger partial charge in [-0.25, -0.2) is 9.50 Å². The summed E-state index contributed by atoms with van der Waals surface area (Å²) in [6.07, 6.45) is 1.93. The Morgan fingerprint density at radius 2 is 1.86 bits per heavy atom. The van der Waals surface area contributed by atoms with Crippen molar-refractivity contribution in [3.8, 4) is 22.8 Å². The third-order valence-electron chi connectivity index (χ3n) is 5.38. The van der Waals surface area contributed by atoms with Crippen LogP contribution in [-0.2, 0) is 0 Å². The minimum absolute atomic E-state index is 0.0684. The number of hydrogen-bond acceptors (Lipinski definition) is 5. The number of aromatic nitrogens is 3. The third-order valence-corrected chi connectivity index (χ3v) is 6.07. The Balaban J connectivity index is 1.72. The monoisotopic (exact) mass is 450 g/mol. The van der Waals surface area contributed by atoms with Crippen molar-refractivity contribution >= 4 is 27.4 Å². The van der Waals surface area contributed by atoms with Gasteiger partial charge in [0.2, 0.25) is 12.7 Å². The number of nitrogens with two attached hydrogens (primary N) is 1. The molecule has 7 heteroatoms. The van der Waals surface area contributed by atoms with Gasteiger partial charge in [-0.3, -0.25) is 0 Å². The topological polar surface area (TPSA) is 74.7 Å². The zero-order valence-corrected chi connectivity index (χ0v) is 17.6. The van der Waals surface area contributed by atoms with Crippen molar-refractivity contribution in [3.63, 3.8) is 0 Å². The van der Waals surface area contributed by atoms with Gasteiger partial charge in [-0.2, -0.15) is 0 Å². The number of nitrogens with zero attached hydrogens (tertiary/aromatic N) is 3. The number of fused-ring (bicyclic) bond motifs is 2. The van der Waals surface area contributed by atoms with Crippen LogP contribution >= 0.6 is 15.9 Å². The van der Waals surface area contributed by atoms with Crippen LogP contribution in [0.4, 0.5) is 5.95 Å². The highest BCUT2D eigenvalue weighted by molar-refractivity contribution is 9.10. The molecule has 0 bridgehead atoms. The molecule has 1 aliphatic rings. The van der Waals surface area contributed by atoms with E-state index in [1.54, 1.807) is 0 Å². The van der Waals surface area contributed by atoms with Gasteiger partial charge in [0.1, 0.15) is 5.69 Å². The van der Waals surface area contributed by atoms with E-state index in [1.165, 1.54) is 0 Å². The quantitative estimate of drug-likeness (QED) is 0.478. The lowest BCUT2D eigenvalue weighted by atomic mass is 9.92. The van der Waals surface area contributed by atoms with E-state index in [2.05, 4.69) is 58.1 Å². The number of ether oxygens (including phenoxy) is 2. The summed E-state index contributed by atoms with van der Waals surface area (Å²) in [5.41, 5.74) is 12.2. The van der Waals surface area contributed by atoms with Gasteiger partial charge < -0.3 is 15.2 Å². The van der Waals surface area contributed by atoms with E-state index < -0.39 is 0 Å². The highest BCUT2D eigenvalue weighted by atomic mass is 79.9. The van der Waals surface area contributed by atoms with Gasteiger partial charge in [-0.15, -0.1) is 5.10 Å². The van der Waals surface area contributed by atoms with E-state index in [0.29, 0.717) is 0 Å². The van der Waals surface area contributed by atoms with Crippen molar-refractivity contribution in [1.82, 2.24) is 14.6 Å². The molecular weight excluding hydrogens is 432 g/mol. The van der Waals surface area contributed by atoms with Gasteiger partial charge in [-0.1, -0.05) is 47.1 Å². The van der Waals surface area contributed by atoms with Crippen LogP contribution in [0.2, 0.25) is 0 Å². The first-order valence-electron chi connectivity index (χ1n) is 9.32. The van der Waals surface area contributed by atoms with Gasteiger partial charge in [-0.05, 0) is 41.8 Å². The van der Waals surface area contributed by atoms with Crippen LogP contribution in [0.25, 0.3) is 16.8 Å². The molecule has 6 nitrogen and oxygen atoms in total. The lowest BCUT2D eigenvalue weighted by Crippen LogP contribution is -2.06. The number of rotatable bonds is 3. The predicted octanol–water partition coefficient (Wildman–Crippen LogP) is 4.93. The highest BCUT2D eigenvalue weighted by Crippen LogP contribution is 2.42. The van der Waals surface area contributed by atoms with Crippen LogP contribution in [0.5, 0.6) is 11.5 Å². The van der Waals surface area contributed by atoms with E-state index in [4.69, 9.17) is 15.2 Å². The Labute approximate surface area is 176 Å². The fourth-order valence-corrected chi connectivity index (χ4v) is 4.54. The maximum absolute atomic E-state index is 6.01. The summed E-state index contributed by atoms with van der Waals surface area (Å²) in [7, 11) is 0. The zero-order chi connectivity index (χ0) is 20.1. The number of aryl methyl sites for hydroxylation is 1. The van der Waals surface area contributed by atoms with Crippen LogP contribution in [0.15, 0.2) is 53.1 Å². The molecule has 29 heavy (non-hydrogen) atoms. The first-order valence-corrected chi connectivity index (χ1v) is 10.1. The molecule has 0 fully saturated rings. The van der Waals surface area contributed by atoms with E-state index in [-0.39, 0.29) is 18.7 Å². The van der Waals surface area contributed by atoms with Crippen molar-refractivity contribution in [3.05, 3.63) is 69.8 Å². The first-order chi connectivity index (χ1) is 14.0. The molecule has 146 valence electrons. The Hall–Kier alpha value is -3.06. The van der Waals surface area contributed by atoms with Gasteiger partial charge in [0.25, 0.3) is 0 Å². The highest BCUT2D eigenvalue weighted by Gasteiger charge is 2.24. The van der Waals surface area contributed by atoms with Crippen molar-refractivity contribution in [2.24, 2.45) is 0 Å². The van der Waals surface area contributed by atoms with Gasteiger partial charge in [0.05, 0.1) is 5.52 Å². The zero-order valence-electron chi connectivity index (χ0n) is 16.0. The number of benzene rings is 2. The Morgan fingerprint density at radius 3 is 2.66 bits per heavy atom. The molecule has 0 aliphatic carbocycles. The lowest BCUT2D eigenvalue weighted by molar-refractivity contribution is 0.174. The van der Waals surface area contributed by atoms with E-state index >= 15 is 0 Å². The van der Waals surface area contributed by atoms with Gasteiger partial charge in [0, 0.05) is 22.2 Å². The number of nitrogen functional groups attached to an aromatic ring is 1. The molecule has 5 rings (SSSR count). The van der Waals surface area contributed by atoms with Crippen LogP contribution in [-0.4, -0.2) is 21.4 Å². The van der Waals surface area contributed by atoms with Crippen LogP contribution in [0, 0.1) is 6.92 Å². The summed E-state index contributed by atoms with van der Waals surface area (Å²) >= 11 is 3.69. The average molecular weight is 451 g/mol. The summed E-state index contributed by atoms with van der Waals surface area (Å²) in [5.74, 6) is 1.83. The predicted molar refractivity (Wildman–Crippen MR) is 115 cm³/mol. The second-order valence-electron chi connectivity index (χ2n) is 7.15. The Morgan fingerprint density at radius 1 is 1.10 bits per heavy atom. The standard InChI is InChI=1S/C22H19BrN4O2/c1-12-5-3-4-6-14(12)20-21-15(7-8-27(21)26-22(24)25-20)13(2)16-9-18-19(10-17(16)23)29-11-28-18/h3-10,13H,11H2,1-2H3,(H2,24,26). The molecule has 1 aliphatic heterocycles. The third kappa shape index (κ3) is 2.93. The van der Waals surface area contributed by atoms with E-state index in [0.717, 1.165) is 49.4 Å². The molecule has 1 atom stereocenters. The molecule has 2 N–H and O–H groups in total. The largest absolute Gasteiger partial charge is 0.454 e. The summed E-state index contributed by atoms with van der Waals surface area (Å²) in [6.45, 7) is 4.49. The number of hydrogen-bond donors (Lipinski definition) is 1. The fourth-order valence-electron chi connectivity index (χ4n) is 3.87. The molecule has 0 amide bonds. The molecule has 4 aromatic rings. The van der Waals surface area contributed by atoms with Crippen molar-refractivity contribution in [2.45, 2.75) is 19.8 Å². The summed E-state index contributed by atoms with van der Waals surface area (Å²) in [4.78, 5) is 4.61. The van der Waals surface area contributed by atoms with E-state index in [9.17, 15) is 0 Å². The second-order valence-corrected chi connectivity index (χ2v) is 8.00. The minimum atomic E-state index is 0.0684. The van der Waals surface area contributed by atoms with E-state index in [1.807, 2.05) is 35.0 Å². The molecule has 0 spiro atoms. The summed E-state index contributed by atoms with van der Waals surface area (Å²) < 4.78 is 13.9. The Kier molecular flexibility index (Phi) is 4.20. The number of halogens is 1.